The van der Waals surface area contributed by atoms with Crippen molar-refractivity contribution in [3.63, 3.8) is 0 Å². The van der Waals surface area contributed by atoms with Crippen molar-refractivity contribution in [2.24, 2.45) is 0 Å². The average molecular weight is 396 g/mol. The van der Waals surface area contributed by atoms with Crippen molar-refractivity contribution in [2.45, 2.75) is 32.4 Å². The zero-order valence-corrected chi connectivity index (χ0v) is 16.2. The molecule has 1 aliphatic rings. The molecule has 1 aliphatic heterocycles. The van der Waals surface area contributed by atoms with Gasteiger partial charge < -0.3 is 15.0 Å². The second kappa shape index (κ2) is 8.98. The van der Waals surface area contributed by atoms with E-state index in [2.05, 4.69) is 5.32 Å². The number of likely N-dealkylation sites (N-methyl/N-ethyl adjacent to an activating group) is 1. The summed E-state index contributed by atoms with van der Waals surface area (Å²) in [6.45, 7) is 3.05. The number of ether oxygens (including phenoxy) is 1. The Bertz CT molecular complexity index is 793. The first-order valence-electron chi connectivity index (χ1n) is 8.76. The van der Waals surface area contributed by atoms with Crippen LogP contribution in [0.25, 0.3) is 0 Å². The summed E-state index contributed by atoms with van der Waals surface area (Å²) < 4.78 is 28.2. The Morgan fingerprint density at radius 3 is 2.48 bits per heavy atom. The van der Waals surface area contributed by atoms with Crippen LogP contribution in [-0.4, -0.2) is 67.8 Å². The first-order valence-corrected chi connectivity index (χ1v) is 10.6. The zero-order valence-electron chi connectivity index (χ0n) is 15.4. The van der Waals surface area contributed by atoms with E-state index >= 15 is 0 Å². The third-order valence-corrected chi connectivity index (χ3v) is 6.14. The fourth-order valence-electron chi connectivity index (χ4n) is 2.93. The quantitative estimate of drug-likeness (QED) is 0.668. The summed E-state index contributed by atoms with van der Waals surface area (Å²) in [4.78, 5) is 37.8. The lowest BCUT2D eigenvalue weighted by molar-refractivity contribution is -0.153. The Balaban J connectivity index is 1.84. The predicted octanol–water partition coefficient (Wildman–Crippen LogP) is 0.384. The summed E-state index contributed by atoms with van der Waals surface area (Å²) in [7, 11) is -3.12. The van der Waals surface area contributed by atoms with Crippen LogP contribution in [0.3, 0.4) is 0 Å². The fraction of sp³-hybridized carbons (Fsp3) is 0.500. The molecule has 148 valence electrons. The first-order chi connectivity index (χ1) is 12.7. The lowest BCUT2D eigenvalue weighted by atomic mass is 10.2. The van der Waals surface area contributed by atoms with E-state index in [1.165, 1.54) is 11.8 Å². The molecule has 1 heterocycles. The fourth-order valence-corrected chi connectivity index (χ4v) is 4.66. The molecule has 1 aromatic rings. The Hall–Kier alpha value is -2.42. The number of carbonyl (C=O) groups excluding carboxylic acids is 3. The third-order valence-electron chi connectivity index (χ3n) is 4.39. The van der Waals surface area contributed by atoms with Crippen LogP contribution in [0.15, 0.2) is 30.3 Å². The van der Waals surface area contributed by atoms with Crippen molar-refractivity contribution in [3.8, 4) is 0 Å². The number of nitrogens with zero attached hydrogens (tertiary/aromatic N) is 1. The molecule has 2 amide bonds. The number of benzene rings is 1. The lowest BCUT2D eigenvalue weighted by Crippen LogP contribution is -2.45. The molecule has 8 nitrogen and oxygen atoms in total. The summed E-state index contributed by atoms with van der Waals surface area (Å²) >= 11 is 0. The van der Waals surface area contributed by atoms with Gasteiger partial charge in [-0.3, -0.25) is 9.59 Å². The molecular weight excluding hydrogens is 372 g/mol. The minimum absolute atomic E-state index is 0.0593. The predicted molar refractivity (Wildman–Crippen MR) is 98.8 cm³/mol. The van der Waals surface area contributed by atoms with Crippen LogP contribution in [0.1, 0.15) is 30.6 Å². The van der Waals surface area contributed by atoms with Crippen LogP contribution in [0.4, 0.5) is 0 Å². The van der Waals surface area contributed by atoms with Gasteiger partial charge in [-0.1, -0.05) is 18.2 Å². The highest BCUT2D eigenvalue weighted by Crippen LogP contribution is 2.17. The van der Waals surface area contributed by atoms with Crippen molar-refractivity contribution in [1.82, 2.24) is 10.2 Å². The molecule has 1 N–H and O–H groups in total. The summed E-state index contributed by atoms with van der Waals surface area (Å²) in [5.41, 5.74) is 0.410. The van der Waals surface area contributed by atoms with E-state index in [1.54, 1.807) is 37.3 Å². The maximum atomic E-state index is 12.3. The van der Waals surface area contributed by atoms with E-state index in [4.69, 9.17) is 4.74 Å². The van der Waals surface area contributed by atoms with Crippen molar-refractivity contribution in [1.29, 1.82) is 0 Å². The maximum Gasteiger partial charge on any atom is 0.328 e. The van der Waals surface area contributed by atoms with Gasteiger partial charge in [0.15, 0.2) is 16.4 Å². The summed E-state index contributed by atoms with van der Waals surface area (Å²) in [5.74, 6) is -1.61. The lowest BCUT2D eigenvalue weighted by Gasteiger charge is -2.26. The molecular formula is C18H24N2O6S. The molecule has 0 radical (unpaired) electrons. The molecule has 0 aliphatic carbocycles. The maximum absolute atomic E-state index is 12.3. The van der Waals surface area contributed by atoms with E-state index in [1.807, 2.05) is 0 Å². The Kier molecular flexibility index (Phi) is 6.95. The molecule has 9 heteroatoms. The molecule has 0 bridgehead atoms. The number of hydrogen-bond acceptors (Lipinski definition) is 6. The second-order valence-electron chi connectivity index (χ2n) is 6.41. The number of rotatable bonds is 7. The van der Waals surface area contributed by atoms with Gasteiger partial charge in [0.05, 0.1) is 11.5 Å². The van der Waals surface area contributed by atoms with Crippen LogP contribution in [-0.2, 0) is 24.2 Å². The molecule has 1 aromatic carbocycles. The van der Waals surface area contributed by atoms with Gasteiger partial charge in [-0.25, -0.2) is 13.2 Å². The smallest absolute Gasteiger partial charge is 0.328 e. The molecule has 1 unspecified atom stereocenters. The number of nitrogens with one attached hydrogen (secondary N) is 1. The summed E-state index contributed by atoms with van der Waals surface area (Å²) in [6.07, 6.45) is 0.388. The highest BCUT2D eigenvalue weighted by molar-refractivity contribution is 7.91. The molecule has 1 fully saturated rings. The highest BCUT2D eigenvalue weighted by Gasteiger charge is 2.34. The number of sulfone groups is 1. The van der Waals surface area contributed by atoms with Crippen molar-refractivity contribution in [3.05, 3.63) is 35.9 Å². The van der Waals surface area contributed by atoms with Crippen molar-refractivity contribution < 1.29 is 27.5 Å². The standard InChI is InChI=1S/C18H24N2O6S/c1-3-20(15-9-10-27(24,25)12-15)16(21)11-26-18(23)13(2)19-17(22)14-7-5-4-6-8-14/h4-8,13,15H,3,9-12H2,1-2H3,(H,19,22)/t13-,15?/m0/s1. The Labute approximate surface area is 158 Å². The van der Waals surface area contributed by atoms with Gasteiger partial charge in [-0.05, 0) is 32.4 Å². The number of carbonyl (C=O) groups is 3. The van der Waals surface area contributed by atoms with Crippen LogP contribution >= 0.6 is 0 Å². The molecule has 27 heavy (non-hydrogen) atoms. The molecule has 0 spiro atoms. The van der Waals surface area contributed by atoms with Gasteiger partial charge >= 0.3 is 5.97 Å². The van der Waals surface area contributed by atoms with Gasteiger partial charge in [-0.2, -0.15) is 0 Å². The van der Waals surface area contributed by atoms with Gasteiger partial charge in [0.25, 0.3) is 11.8 Å². The summed E-state index contributed by atoms with van der Waals surface area (Å²) in [6, 6.07) is 7.11. The van der Waals surface area contributed by atoms with Crippen molar-refractivity contribution >= 4 is 27.6 Å². The van der Waals surface area contributed by atoms with E-state index in [-0.39, 0.29) is 17.5 Å². The largest absolute Gasteiger partial charge is 0.454 e. The van der Waals surface area contributed by atoms with Gasteiger partial charge in [0.1, 0.15) is 6.04 Å². The van der Waals surface area contributed by atoms with E-state index in [9.17, 15) is 22.8 Å². The first kappa shape index (κ1) is 20.9. The SMILES string of the molecule is CCN(C(=O)COC(=O)[C@H](C)NC(=O)c1ccccc1)C1CCS(=O)(=O)C1. The van der Waals surface area contributed by atoms with Crippen molar-refractivity contribution in [2.75, 3.05) is 24.7 Å². The number of esters is 1. The summed E-state index contributed by atoms with van der Waals surface area (Å²) in [5, 5.41) is 2.51. The average Bonchev–Trinajstić information content (AvgIpc) is 3.00. The Morgan fingerprint density at radius 1 is 1.26 bits per heavy atom. The molecule has 0 aromatic heterocycles. The molecule has 2 rings (SSSR count). The monoisotopic (exact) mass is 396 g/mol. The number of amides is 2. The highest BCUT2D eigenvalue weighted by atomic mass is 32.2. The van der Waals surface area contributed by atoms with E-state index < -0.39 is 40.3 Å². The van der Waals surface area contributed by atoms with Crippen LogP contribution in [0.5, 0.6) is 0 Å². The molecule has 1 saturated heterocycles. The van der Waals surface area contributed by atoms with Gasteiger partial charge in [0.2, 0.25) is 0 Å². The van der Waals surface area contributed by atoms with Gasteiger partial charge in [-0.15, -0.1) is 0 Å². The minimum Gasteiger partial charge on any atom is -0.454 e. The second-order valence-corrected chi connectivity index (χ2v) is 8.63. The van der Waals surface area contributed by atoms with Crippen LogP contribution in [0.2, 0.25) is 0 Å². The van der Waals surface area contributed by atoms with Crippen LogP contribution in [0, 0.1) is 0 Å². The van der Waals surface area contributed by atoms with Gasteiger partial charge in [0, 0.05) is 18.2 Å². The van der Waals surface area contributed by atoms with E-state index in [0.717, 1.165) is 0 Å². The van der Waals surface area contributed by atoms with Crippen LogP contribution < -0.4 is 5.32 Å². The molecule has 2 atom stereocenters. The zero-order chi connectivity index (χ0) is 20.0. The number of hydrogen-bond donors (Lipinski definition) is 1. The topological polar surface area (TPSA) is 110 Å². The molecule has 0 saturated carbocycles. The third kappa shape index (κ3) is 5.78. The minimum atomic E-state index is -3.12. The van der Waals surface area contributed by atoms with E-state index in [0.29, 0.717) is 18.5 Å². The Morgan fingerprint density at radius 2 is 1.93 bits per heavy atom. The normalized spacial score (nSPS) is 19.1.